The van der Waals surface area contributed by atoms with Gasteiger partial charge < -0.3 is 13.5 Å². The number of imidazole rings is 2. The van der Waals surface area contributed by atoms with Crippen LogP contribution in [0.4, 0.5) is 0 Å². The molecule has 0 fully saturated rings. The number of hydrogen-bond donors (Lipinski definition) is 0. The monoisotopic (exact) mass is 773 g/mol. The molecule has 11 rings (SSSR count). The fourth-order valence-corrected chi connectivity index (χ4v) is 8.28. The van der Waals surface area contributed by atoms with Gasteiger partial charge in [-0.2, -0.15) is 0 Å². The zero-order valence-corrected chi connectivity index (χ0v) is 30.6. The maximum Gasteiger partial charge on any atom is 2.00 e. The molecule has 7 heteroatoms. The van der Waals surface area contributed by atoms with Gasteiger partial charge in [0.2, 0.25) is 0 Å². The van der Waals surface area contributed by atoms with Crippen LogP contribution in [0, 0.1) is 32.9 Å². The van der Waals surface area contributed by atoms with Crippen LogP contribution in [-0.2, 0) is 20.4 Å². The minimum atomic E-state index is 0. The molecule has 0 saturated heterocycles. The number of benzene rings is 6. The van der Waals surface area contributed by atoms with Crippen LogP contribution in [0.2, 0.25) is 0 Å². The quantitative estimate of drug-likeness (QED) is 0.102. The number of aryl methyl sites for hydroxylation is 3. The zero-order chi connectivity index (χ0) is 34.7. The average Bonchev–Trinajstić information content (AvgIpc) is 3.75. The normalized spacial score (nSPS) is 11.9. The van der Waals surface area contributed by atoms with Crippen molar-refractivity contribution < 1.29 is 25.2 Å². The van der Waals surface area contributed by atoms with E-state index in [9.17, 15) is 0 Å². The summed E-state index contributed by atoms with van der Waals surface area (Å²) in [7, 11) is 0. The van der Waals surface area contributed by atoms with E-state index in [1.807, 2.05) is 36.4 Å². The summed E-state index contributed by atoms with van der Waals surface area (Å²) in [5.41, 5.74) is 13.3. The van der Waals surface area contributed by atoms with Gasteiger partial charge in [-0.3, -0.25) is 9.97 Å². The summed E-state index contributed by atoms with van der Waals surface area (Å²) in [5, 5.41) is 6.03. The van der Waals surface area contributed by atoms with Gasteiger partial charge in [-0.25, -0.2) is 4.98 Å². The van der Waals surface area contributed by atoms with E-state index in [2.05, 4.69) is 127 Å². The number of aromatic nitrogens is 5. The van der Waals surface area contributed by atoms with Crippen molar-refractivity contribution in [3.63, 3.8) is 0 Å². The van der Waals surface area contributed by atoms with Gasteiger partial charge in [-0.1, -0.05) is 112 Å². The van der Waals surface area contributed by atoms with E-state index >= 15 is 0 Å². The minimum Gasteiger partial charge on any atom is -0.497 e. The molecule has 0 bridgehead atoms. The van der Waals surface area contributed by atoms with E-state index in [4.69, 9.17) is 19.7 Å². The molecule has 0 unspecified atom stereocenters. The SMILES string of the molecule is Cc1cc(C)c(-c2ccc3c4ccc(Oc5[c-]c6c(cc5)c5ccccc5n5c7ccccc7nc65)[c-]c4c4nc5ccccc5n4c3n2)c(C)c1.[Pd+2]. The molecule has 254 valence electrons. The standard InChI is InChI=1S/C46H29N5O.Pd/c1-26-22-27(2)43(28(3)23-26)39-21-20-34-32-19-17-30(25-36(32)46-48-38-12-6-9-15-42(38)51(46)44(34)49-39)52-29-16-18-31-33-10-4-7-13-40(33)50-41-14-8-5-11-37(41)47-45(50)35(31)24-29;/h4-23H,1-3H3;/q-2;+2. The molecule has 0 aliphatic rings. The molecule has 5 heterocycles. The Bertz CT molecular complexity index is 3300. The average molecular weight is 774 g/mol. The summed E-state index contributed by atoms with van der Waals surface area (Å²) >= 11 is 0. The second kappa shape index (κ2) is 11.7. The molecule has 0 radical (unpaired) electrons. The summed E-state index contributed by atoms with van der Waals surface area (Å²) < 4.78 is 11.0. The van der Waals surface area contributed by atoms with E-state index in [1.165, 1.54) is 22.3 Å². The molecular weight excluding hydrogens is 745 g/mol. The Labute approximate surface area is 318 Å². The number of pyridine rings is 3. The fraction of sp³-hybridized carbons (Fsp3) is 0.0652. The van der Waals surface area contributed by atoms with Gasteiger partial charge in [0.25, 0.3) is 0 Å². The largest absolute Gasteiger partial charge is 2.00 e. The Hall–Kier alpha value is -6.13. The molecule has 53 heavy (non-hydrogen) atoms. The van der Waals surface area contributed by atoms with E-state index in [0.717, 1.165) is 82.5 Å². The molecule has 0 N–H and O–H groups in total. The first-order valence-corrected chi connectivity index (χ1v) is 17.5. The van der Waals surface area contributed by atoms with Crippen LogP contribution in [0.5, 0.6) is 11.5 Å². The van der Waals surface area contributed by atoms with E-state index in [1.54, 1.807) is 0 Å². The van der Waals surface area contributed by atoms with Crippen LogP contribution in [0.3, 0.4) is 0 Å². The molecular formula is C46H29N5OPd. The molecule has 0 aliphatic heterocycles. The van der Waals surface area contributed by atoms with Crippen LogP contribution in [0.15, 0.2) is 121 Å². The second-order valence-electron chi connectivity index (χ2n) is 13.7. The minimum absolute atomic E-state index is 0. The molecule has 11 aromatic rings. The number of hydrogen-bond acceptors (Lipinski definition) is 4. The van der Waals surface area contributed by atoms with Gasteiger partial charge in [0, 0.05) is 22.6 Å². The topological polar surface area (TPSA) is 56.7 Å². The van der Waals surface area contributed by atoms with Gasteiger partial charge in [0.05, 0.1) is 39.1 Å². The first-order chi connectivity index (χ1) is 25.5. The Balaban J connectivity index is 0.00000349. The number of ether oxygens (including phenoxy) is 1. The fourth-order valence-electron chi connectivity index (χ4n) is 8.28. The van der Waals surface area contributed by atoms with Crippen LogP contribution in [0.1, 0.15) is 16.7 Å². The summed E-state index contributed by atoms with van der Waals surface area (Å²) in [4.78, 5) is 15.5. The van der Waals surface area contributed by atoms with Crippen molar-refractivity contribution >= 4 is 76.8 Å². The molecule has 0 amide bonds. The smallest absolute Gasteiger partial charge is 0.497 e. The van der Waals surface area contributed by atoms with Crippen LogP contribution >= 0.6 is 0 Å². The molecule has 6 aromatic carbocycles. The predicted molar refractivity (Wildman–Crippen MR) is 211 cm³/mol. The number of rotatable bonds is 3. The van der Waals surface area contributed by atoms with Crippen molar-refractivity contribution in [1.29, 1.82) is 0 Å². The predicted octanol–water partition coefficient (Wildman–Crippen LogP) is 11.3. The third-order valence-corrected chi connectivity index (χ3v) is 10.4. The summed E-state index contributed by atoms with van der Waals surface area (Å²) in [5.74, 6) is 1.17. The Kier molecular flexibility index (Phi) is 6.97. The van der Waals surface area contributed by atoms with Crippen molar-refractivity contribution in [2.75, 3.05) is 0 Å². The van der Waals surface area contributed by atoms with Crippen LogP contribution in [-0.4, -0.2) is 23.8 Å². The van der Waals surface area contributed by atoms with Gasteiger partial charge >= 0.3 is 20.4 Å². The molecule has 6 nitrogen and oxygen atoms in total. The molecule has 0 saturated carbocycles. The maximum absolute atomic E-state index is 6.58. The number of para-hydroxylation sites is 5. The number of fused-ring (bicyclic) bond motifs is 16. The van der Waals surface area contributed by atoms with Crippen LogP contribution < -0.4 is 4.74 Å². The van der Waals surface area contributed by atoms with Crippen molar-refractivity contribution in [2.24, 2.45) is 0 Å². The Morgan fingerprint density at radius 3 is 1.68 bits per heavy atom. The van der Waals surface area contributed by atoms with Crippen molar-refractivity contribution in [2.45, 2.75) is 20.8 Å². The zero-order valence-electron chi connectivity index (χ0n) is 29.0. The Morgan fingerprint density at radius 1 is 0.491 bits per heavy atom. The summed E-state index contributed by atoms with van der Waals surface area (Å²) in [6.07, 6.45) is 0. The summed E-state index contributed by atoms with van der Waals surface area (Å²) in [6.45, 7) is 6.46. The third-order valence-electron chi connectivity index (χ3n) is 10.4. The van der Waals surface area contributed by atoms with Crippen LogP contribution in [0.25, 0.3) is 88.1 Å². The van der Waals surface area contributed by atoms with Crippen molar-refractivity contribution in [1.82, 2.24) is 23.8 Å². The second-order valence-corrected chi connectivity index (χ2v) is 13.7. The van der Waals surface area contributed by atoms with Gasteiger partial charge in [0.15, 0.2) is 0 Å². The van der Waals surface area contributed by atoms with Gasteiger partial charge in [-0.05, 0) is 79.1 Å². The first-order valence-electron chi connectivity index (χ1n) is 17.5. The van der Waals surface area contributed by atoms with Gasteiger partial charge in [-0.15, -0.1) is 12.1 Å². The van der Waals surface area contributed by atoms with Crippen molar-refractivity contribution in [3.8, 4) is 22.8 Å². The van der Waals surface area contributed by atoms with E-state index in [-0.39, 0.29) is 20.4 Å². The first kappa shape index (κ1) is 31.6. The van der Waals surface area contributed by atoms with E-state index < -0.39 is 0 Å². The van der Waals surface area contributed by atoms with Gasteiger partial charge in [0.1, 0.15) is 5.65 Å². The Morgan fingerprint density at radius 2 is 1.02 bits per heavy atom. The maximum atomic E-state index is 6.58. The molecule has 5 aromatic heterocycles. The molecule has 0 spiro atoms. The third kappa shape index (κ3) is 4.64. The number of nitrogens with zero attached hydrogens (tertiary/aromatic N) is 5. The molecule has 0 atom stereocenters. The van der Waals surface area contributed by atoms with E-state index in [0.29, 0.717) is 11.5 Å². The summed E-state index contributed by atoms with van der Waals surface area (Å²) in [6, 6.07) is 49.0. The molecule has 0 aliphatic carbocycles. The van der Waals surface area contributed by atoms with Crippen molar-refractivity contribution in [3.05, 3.63) is 150 Å².